The number of nitrogens with zero attached hydrogens (tertiary/aromatic N) is 4. The number of benzene rings is 1. The van der Waals surface area contributed by atoms with Crippen LogP contribution in [-0.2, 0) is 0 Å². The molecular formula is C16H16N4. The second-order valence-electron chi connectivity index (χ2n) is 5.08. The molecule has 0 N–H and O–H groups in total. The maximum Gasteiger partial charge on any atom is 0.169 e. The van der Waals surface area contributed by atoms with Gasteiger partial charge in [0.1, 0.15) is 6.07 Å². The van der Waals surface area contributed by atoms with Crippen molar-refractivity contribution in [2.45, 2.75) is 18.8 Å². The second-order valence-corrected chi connectivity index (χ2v) is 5.08. The van der Waals surface area contributed by atoms with Crippen LogP contribution in [0.3, 0.4) is 0 Å². The van der Waals surface area contributed by atoms with Crippen LogP contribution in [0.1, 0.15) is 29.9 Å². The number of rotatable bonds is 2. The molecule has 1 saturated heterocycles. The molecule has 1 aliphatic rings. The monoisotopic (exact) mass is 264 g/mol. The van der Waals surface area contributed by atoms with Crippen molar-refractivity contribution in [1.82, 2.24) is 10.2 Å². The highest BCUT2D eigenvalue weighted by Gasteiger charge is 2.23. The molecule has 2 aromatic rings. The van der Waals surface area contributed by atoms with Gasteiger partial charge < -0.3 is 4.90 Å². The van der Waals surface area contributed by atoms with Gasteiger partial charge in [0, 0.05) is 19.0 Å². The molecule has 1 aromatic heterocycles. The molecule has 4 nitrogen and oxygen atoms in total. The molecule has 1 aromatic carbocycles. The van der Waals surface area contributed by atoms with Gasteiger partial charge in [-0.25, -0.2) is 0 Å². The Bertz CT molecular complexity index is 618. The summed E-state index contributed by atoms with van der Waals surface area (Å²) in [5.41, 5.74) is 1.97. The largest absolute Gasteiger partial charge is 0.353 e. The summed E-state index contributed by atoms with van der Waals surface area (Å²) in [5.74, 6) is 1.22. The highest BCUT2D eigenvalue weighted by Crippen LogP contribution is 2.29. The van der Waals surface area contributed by atoms with Crippen molar-refractivity contribution in [3.05, 3.63) is 53.7 Å². The van der Waals surface area contributed by atoms with Gasteiger partial charge in [-0.3, -0.25) is 0 Å². The van der Waals surface area contributed by atoms with E-state index in [4.69, 9.17) is 0 Å². The molecule has 1 atom stereocenters. The van der Waals surface area contributed by atoms with E-state index < -0.39 is 0 Å². The van der Waals surface area contributed by atoms with Gasteiger partial charge in [-0.05, 0) is 24.5 Å². The molecule has 0 aliphatic carbocycles. The van der Waals surface area contributed by atoms with Crippen LogP contribution in [0.4, 0.5) is 5.82 Å². The van der Waals surface area contributed by atoms with E-state index in [9.17, 15) is 5.26 Å². The number of aromatic nitrogens is 2. The molecule has 0 saturated carbocycles. The minimum absolute atomic E-state index is 0.499. The van der Waals surface area contributed by atoms with Crippen LogP contribution in [0.2, 0.25) is 0 Å². The van der Waals surface area contributed by atoms with Gasteiger partial charge in [-0.2, -0.15) is 10.4 Å². The maximum absolute atomic E-state index is 9.19. The number of piperidine rings is 1. The summed E-state index contributed by atoms with van der Waals surface area (Å²) >= 11 is 0. The normalized spacial score (nSPS) is 18.6. The minimum Gasteiger partial charge on any atom is -0.353 e. The van der Waals surface area contributed by atoms with E-state index in [1.807, 2.05) is 6.07 Å². The molecular weight excluding hydrogens is 248 g/mol. The standard InChI is InChI=1S/C16H16N4/c17-11-14-8-9-18-19-16(14)20-10-4-7-15(12-20)13-5-2-1-3-6-13/h1-3,5-6,8-9,15H,4,7,10,12H2. The lowest BCUT2D eigenvalue weighted by Gasteiger charge is -2.33. The van der Waals surface area contributed by atoms with E-state index in [1.54, 1.807) is 12.3 Å². The third-order valence-corrected chi connectivity index (χ3v) is 3.81. The maximum atomic E-state index is 9.19. The summed E-state index contributed by atoms with van der Waals surface area (Å²) in [4.78, 5) is 2.19. The Morgan fingerprint density at radius 3 is 2.85 bits per heavy atom. The topological polar surface area (TPSA) is 52.8 Å². The van der Waals surface area contributed by atoms with Gasteiger partial charge in [0.15, 0.2) is 5.82 Å². The van der Waals surface area contributed by atoms with E-state index in [0.717, 1.165) is 25.3 Å². The van der Waals surface area contributed by atoms with Crippen molar-refractivity contribution in [1.29, 1.82) is 5.26 Å². The summed E-state index contributed by atoms with van der Waals surface area (Å²) in [6, 6.07) is 14.5. The Morgan fingerprint density at radius 2 is 2.05 bits per heavy atom. The lowest BCUT2D eigenvalue weighted by atomic mass is 9.90. The van der Waals surface area contributed by atoms with Crippen LogP contribution in [0.5, 0.6) is 0 Å². The Balaban J connectivity index is 1.84. The van der Waals surface area contributed by atoms with Gasteiger partial charge in [0.2, 0.25) is 0 Å². The van der Waals surface area contributed by atoms with Crippen molar-refractivity contribution in [2.24, 2.45) is 0 Å². The first-order valence-corrected chi connectivity index (χ1v) is 6.90. The van der Waals surface area contributed by atoms with E-state index >= 15 is 0 Å². The Hall–Kier alpha value is -2.41. The van der Waals surface area contributed by atoms with Crippen molar-refractivity contribution in [2.75, 3.05) is 18.0 Å². The summed E-state index contributed by atoms with van der Waals surface area (Å²) in [6.45, 7) is 1.84. The van der Waals surface area contributed by atoms with Crippen molar-refractivity contribution in [3.8, 4) is 6.07 Å². The van der Waals surface area contributed by atoms with Crippen molar-refractivity contribution >= 4 is 5.82 Å². The summed E-state index contributed by atoms with van der Waals surface area (Å²) in [5, 5.41) is 17.3. The van der Waals surface area contributed by atoms with Crippen LogP contribution < -0.4 is 4.90 Å². The van der Waals surface area contributed by atoms with Crippen LogP contribution in [0.25, 0.3) is 0 Å². The summed E-state index contributed by atoms with van der Waals surface area (Å²) in [6.07, 6.45) is 3.87. The molecule has 20 heavy (non-hydrogen) atoms. The fourth-order valence-electron chi connectivity index (χ4n) is 2.81. The number of nitriles is 1. The van der Waals surface area contributed by atoms with E-state index in [2.05, 4.69) is 45.4 Å². The highest BCUT2D eigenvalue weighted by atomic mass is 15.3. The molecule has 1 unspecified atom stereocenters. The van der Waals surface area contributed by atoms with Gasteiger partial charge in [0.25, 0.3) is 0 Å². The number of anilines is 1. The lowest BCUT2D eigenvalue weighted by Crippen LogP contribution is -2.35. The first kappa shape index (κ1) is 12.6. The Labute approximate surface area is 118 Å². The lowest BCUT2D eigenvalue weighted by molar-refractivity contribution is 0.505. The third kappa shape index (κ3) is 2.48. The van der Waals surface area contributed by atoms with Crippen LogP contribution in [0, 0.1) is 11.3 Å². The zero-order valence-corrected chi connectivity index (χ0v) is 11.2. The second kappa shape index (κ2) is 5.70. The third-order valence-electron chi connectivity index (χ3n) is 3.81. The zero-order valence-electron chi connectivity index (χ0n) is 11.2. The molecule has 3 rings (SSSR count). The van der Waals surface area contributed by atoms with Crippen molar-refractivity contribution < 1.29 is 0 Å². The molecule has 4 heteroatoms. The summed E-state index contributed by atoms with van der Waals surface area (Å²) in [7, 11) is 0. The van der Waals surface area contributed by atoms with Crippen molar-refractivity contribution in [3.63, 3.8) is 0 Å². The molecule has 0 spiro atoms. The van der Waals surface area contributed by atoms with Crippen LogP contribution >= 0.6 is 0 Å². The SMILES string of the molecule is N#Cc1ccnnc1N1CCCC(c2ccccc2)C1. The predicted molar refractivity (Wildman–Crippen MR) is 77.4 cm³/mol. The van der Waals surface area contributed by atoms with E-state index in [1.165, 1.54) is 12.0 Å². The van der Waals surface area contributed by atoms with E-state index in [0.29, 0.717) is 11.5 Å². The molecule has 1 aliphatic heterocycles. The molecule has 2 heterocycles. The average Bonchev–Trinajstić information content (AvgIpc) is 2.56. The fraction of sp³-hybridized carbons (Fsp3) is 0.312. The molecule has 0 bridgehead atoms. The number of hydrogen-bond donors (Lipinski definition) is 0. The minimum atomic E-state index is 0.499. The highest BCUT2D eigenvalue weighted by molar-refractivity contribution is 5.53. The first-order valence-electron chi connectivity index (χ1n) is 6.90. The zero-order chi connectivity index (χ0) is 13.8. The molecule has 100 valence electrons. The molecule has 0 amide bonds. The molecule has 1 fully saturated rings. The smallest absolute Gasteiger partial charge is 0.169 e. The first-order chi connectivity index (χ1) is 9.88. The predicted octanol–water partition coefficient (Wildman–Crippen LogP) is 2.73. The van der Waals surface area contributed by atoms with E-state index in [-0.39, 0.29) is 0 Å². The van der Waals surface area contributed by atoms with Gasteiger partial charge in [-0.15, -0.1) is 5.10 Å². The fourth-order valence-corrected chi connectivity index (χ4v) is 2.81. The van der Waals surface area contributed by atoms with Crippen LogP contribution in [0.15, 0.2) is 42.6 Å². The van der Waals surface area contributed by atoms with Crippen LogP contribution in [-0.4, -0.2) is 23.3 Å². The van der Waals surface area contributed by atoms with Gasteiger partial charge >= 0.3 is 0 Å². The number of hydrogen-bond acceptors (Lipinski definition) is 4. The Kier molecular flexibility index (Phi) is 3.60. The quantitative estimate of drug-likeness (QED) is 0.837. The molecule has 0 radical (unpaired) electrons. The average molecular weight is 264 g/mol. The Morgan fingerprint density at radius 1 is 1.20 bits per heavy atom. The van der Waals surface area contributed by atoms with Gasteiger partial charge in [0.05, 0.1) is 11.8 Å². The van der Waals surface area contributed by atoms with Gasteiger partial charge in [-0.1, -0.05) is 30.3 Å². The summed E-state index contributed by atoms with van der Waals surface area (Å²) < 4.78 is 0.